The van der Waals surface area contributed by atoms with Crippen LogP contribution < -0.4 is 0 Å². The molecule has 1 aromatic carbocycles. The minimum atomic E-state index is -3.86. The molecule has 1 rings (SSSR count). The van der Waals surface area contributed by atoms with Gasteiger partial charge in [-0.1, -0.05) is 18.2 Å². The van der Waals surface area contributed by atoms with Gasteiger partial charge < -0.3 is 5.11 Å². The van der Waals surface area contributed by atoms with Gasteiger partial charge in [-0.2, -0.15) is 0 Å². The van der Waals surface area contributed by atoms with Crippen molar-refractivity contribution < 1.29 is 22.7 Å². The van der Waals surface area contributed by atoms with E-state index in [-0.39, 0.29) is 4.90 Å². The van der Waals surface area contributed by atoms with Crippen LogP contribution in [0.1, 0.15) is 0 Å². The van der Waals surface area contributed by atoms with E-state index in [2.05, 4.69) is 0 Å². The third-order valence-electron chi connectivity index (χ3n) is 1.74. The lowest BCUT2D eigenvalue weighted by Crippen LogP contribution is -2.25. The normalized spacial score (nSPS) is 13.4. The summed E-state index contributed by atoms with van der Waals surface area (Å²) in [5.74, 6) is -2.80. The van der Waals surface area contributed by atoms with Gasteiger partial charge in [0.25, 0.3) is 0 Å². The van der Waals surface area contributed by atoms with Crippen molar-refractivity contribution >= 4 is 15.8 Å². The largest absolute Gasteiger partial charge is 0.479 e. The maximum Gasteiger partial charge on any atom is 0.339 e. The van der Waals surface area contributed by atoms with Crippen LogP contribution in [0.3, 0.4) is 0 Å². The molecule has 1 unspecified atom stereocenters. The Balaban J connectivity index is 2.91. The number of carbonyl (C=O) groups is 1. The number of carboxylic acids is 1. The number of hydrogen-bond acceptors (Lipinski definition) is 3. The Kier molecular flexibility index (Phi) is 3.41. The minimum Gasteiger partial charge on any atom is -0.479 e. The Hall–Kier alpha value is -1.43. The number of hydrogen-bond donors (Lipinski definition) is 1. The molecular weight excluding hydrogens is 223 g/mol. The van der Waals surface area contributed by atoms with Gasteiger partial charge in [-0.3, -0.25) is 0 Å². The highest BCUT2D eigenvalue weighted by atomic mass is 32.2. The molecule has 0 fully saturated rings. The second-order valence-electron chi connectivity index (χ2n) is 2.90. The lowest BCUT2D eigenvalue weighted by Gasteiger charge is -2.04. The number of aliphatic carboxylic acids is 1. The lowest BCUT2D eigenvalue weighted by molar-refractivity contribution is -0.141. The molecule has 0 saturated heterocycles. The number of benzene rings is 1. The van der Waals surface area contributed by atoms with Gasteiger partial charge in [-0.25, -0.2) is 17.6 Å². The predicted octanol–water partition coefficient (Wildman–Crippen LogP) is 0.883. The molecular formula is C9H9FO4S. The Morgan fingerprint density at radius 3 is 2.33 bits per heavy atom. The van der Waals surface area contributed by atoms with Crippen LogP contribution in [0.4, 0.5) is 4.39 Å². The quantitative estimate of drug-likeness (QED) is 0.836. The molecule has 0 aliphatic heterocycles. The van der Waals surface area contributed by atoms with Crippen molar-refractivity contribution in [3.8, 4) is 0 Å². The SMILES string of the molecule is O=C(O)C(F)CS(=O)(=O)c1ccccc1. The van der Waals surface area contributed by atoms with E-state index < -0.39 is 27.7 Å². The Morgan fingerprint density at radius 1 is 1.33 bits per heavy atom. The fourth-order valence-electron chi connectivity index (χ4n) is 0.988. The summed E-state index contributed by atoms with van der Waals surface area (Å²) >= 11 is 0. The standard InChI is InChI=1S/C9H9FO4S/c10-8(9(11)12)6-15(13,14)7-4-2-1-3-5-7/h1-5,8H,6H2,(H,11,12). The molecule has 0 bridgehead atoms. The molecule has 0 aliphatic carbocycles. The molecule has 1 N–H and O–H groups in total. The van der Waals surface area contributed by atoms with Crippen LogP contribution in [0.2, 0.25) is 0 Å². The molecule has 0 spiro atoms. The van der Waals surface area contributed by atoms with Crippen LogP contribution in [-0.2, 0) is 14.6 Å². The van der Waals surface area contributed by atoms with E-state index in [0.717, 1.165) is 0 Å². The summed E-state index contributed by atoms with van der Waals surface area (Å²) in [6.45, 7) is 0. The summed E-state index contributed by atoms with van der Waals surface area (Å²) in [6.07, 6.45) is -2.39. The van der Waals surface area contributed by atoms with Crippen molar-refractivity contribution in [2.24, 2.45) is 0 Å². The number of alkyl halides is 1. The summed E-state index contributed by atoms with van der Waals surface area (Å²) in [6, 6.07) is 7.18. The molecule has 0 heterocycles. The van der Waals surface area contributed by atoms with Crippen molar-refractivity contribution in [1.29, 1.82) is 0 Å². The molecule has 1 atom stereocenters. The van der Waals surface area contributed by atoms with Gasteiger partial charge in [0, 0.05) is 0 Å². The lowest BCUT2D eigenvalue weighted by atomic mass is 10.4. The first-order valence-electron chi connectivity index (χ1n) is 4.08. The number of carboxylic acid groups (broad SMARTS) is 1. The fraction of sp³-hybridized carbons (Fsp3) is 0.222. The van der Waals surface area contributed by atoms with E-state index in [0.29, 0.717) is 0 Å². The first-order valence-corrected chi connectivity index (χ1v) is 5.73. The summed E-state index contributed by atoms with van der Waals surface area (Å²) < 4.78 is 35.6. The monoisotopic (exact) mass is 232 g/mol. The highest BCUT2D eigenvalue weighted by Gasteiger charge is 2.25. The van der Waals surface area contributed by atoms with E-state index in [1.807, 2.05) is 0 Å². The zero-order chi connectivity index (χ0) is 11.5. The average Bonchev–Trinajstić information content (AvgIpc) is 2.18. The van der Waals surface area contributed by atoms with Crippen LogP contribution in [-0.4, -0.2) is 31.4 Å². The topological polar surface area (TPSA) is 71.4 Å². The van der Waals surface area contributed by atoms with Gasteiger partial charge in [0.1, 0.15) is 0 Å². The molecule has 6 heteroatoms. The first-order chi connectivity index (χ1) is 6.93. The minimum absolute atomic E-state index is 0.0751. The van der Waals surface area contributed by atoms with Crippen molar-refractivity contribution in [3.63, 3.8) is 0 Å². The van der Waals surface area contributed by atoms with Crippen molar-refractivity contribution in [2.75, 3.05) is 5.75 Å². The molecule has 15 heavy (non-hydrogen) atoms. The summed E-state index contributed by atoms with van der Waals surface area (Å²) in [7, 11) is -3.86. The highest BCUT2D eigenvalue weighted by molar-refractivity contribution is 7.91. The van der Waals surface area contributed by atoms with E-state index >= 15 is 0 Å². The first kappa shape index (κ1) is 11.6. The van der Waals surface area contributed by atoms with Crippen molar-refractivity contribution in [1.82, 2.24) is 0 Å². The maximum atomic E-state index is 12.7. The van der Waals surface area contributed by atoms with E-state index in [1.165, 1.54) is 24.3 Å². The molecule has 4 nitrogen and oxygen atoms in total. The molecule has 0 aromatic heterocycles. The number of rotatable bonds is 4. The third kappa shape index (κ3) is 3.02. The zero-order valence-electron chi connectivity index (χ0n) is 7.63. The average molecular weight is 232 g/mol. The van der Waals surface area contributed by atoms with Crippen molar-refractivity contribution in [3.05, 3.63) is 30.3 Å². The van der Waals surface area contributed by atoms with Gasteiger partial charge >= 0.3 is 5.97 Å². The molecule has 1 aromatic rings. The van der Waals surface area contributed by atoms with E-state index in [9.17, 15) is 17.6 Å². The van der Waals surface area contributed by atoms with Crippen LogP contribution >= 0.6 is 0 Å². The summed E-state index contributed by atoms with van der Waals surface area (Å²) in [5.41, 5.74) is 0. The number of halogens is 1. The van der Waals surface area contributed by atoms with Gasteiger partial charge in [0.05, 0.1) is 10.6 Å². The molecule has 82 valence electrons. The van der Waals surface area contributed by atoms with Gasteiger partial charge in [-0.05, 0) is 12.1 Å². The second kappa shape index (κ2) is 4.39. The second-order valence-corrected chi connectivity index (χ2v) is 4.93. The van der Waals surface area contributed by atoms with E-state index in [4.69, 9.17) is 5.11 Å². The maximum absolute atomic E-state index is 12.7. The molecule has 0 saturated carbocycles. The van der Waals surface area contributed by atoms with Gasteiger partial charge in [-0.15, -0.1) is 0 Å². The van der Waals surface area contributed by atoms with Crippen LogP contribution in [0, 0.1) is 0 Å². The predicted molar refractivity (Wildman–Crippen MR) is 51.0 cm³/mol. The Labute approximate surface area is 86.3 Å². The third-order valence-corrected chi connectivity index (χ3v) is 3.46. The number of sulfone groups is 1. The summed E-state index contributed by atoms with van der Waals surface area (Å²) in [4.78, 5) is 10.1. The zero-order valence-corrected chi connectivity index (χ0v) is 8.45. The van der Waals surface area contributed by atoms with Crippen molar-refractivity contribution in [2.45, 2.75) is 11.1 Å². The summed E-state index contributed by atoms with van der Waals surface area (Å²) in [5, 5.41) is 8.25. The molecule has 0 aliphatic rings. The Bertz CT molecular complexity index is 440. The van der Waals surface area contributed by atoms with Crippen LogP contribution in [0.15, 0.2) is 35.2 Å². The molecule has 0 radical (unpaired) electrons. The smallest absolute Gasteiger partial charge is 0.339 e. The van der Waals surface area contributed by atoms with Crippen LogP contribution in [0.25, 0.3) is 0 Å². The van der Waals surface area contributed by atoms with Gasteiger partial charge in [0.2, 0.25) is 6.17 Å². The Morgan fingerprint density at radius 2 is 1.87 bits per heavy atom. The van der Waals surface area contributed by atoms with Gasteiger partial charge in [0.15, 0.2) is 9.84 Å². The van der Waals surface area contributed by atoms with E-state index in [1.54, 1.807) is 6.07 Å². The molecule has 0 amide bonds. The fourth-order valence-corrected chi connectivity index (χ4v) is 2.28. The highest BCUT2D eigenvalue weighted by Crippen LogP contribution is 2.12. The van der Waals surface area contributed by atoms with Crippen LogP contribution in [0.5, 0.6) is 0 Å².